The number of benzene rings is 3. The number of hydrogen-bond acceptors (Lipinski definition) is 2. The van der Waals surface area contributed by atoms with E-state index < -0.39 is 0 Å². The molecule has 0 radical (unpaired) electrons. The molecular weight excluding hydrogens is 404 g/mol. The van der Waals surface area contributed by atoms with E-state index in [-0.39, 0.29) is 5.41 Å². The van der Waals surface area contributed by atoms with Crippen LogP contribution in [0, 0.1) is 0 Å². The molecule has 0 bridgehead atoms. The molecule has 6 aromatic rings. The lowest BCUT2D eigenvalue weighted by Crippen LogP contribution is -2.20. The van der Waals surface area contributed by atoms with Crippen molar-refractivity contribution in [1.29, 1.82) is 0 Å². The molecule has 160 valence electrons. The second kappa shape index (κ2) is 7.45. The third-order valence-corrected chi connectivity index (χ3v) is 6.56. The van der Waals surface area contributed by atoms with Crippen molar-refractivity contribution in [2.45, 2.75) is 19.3 Å². The fourth-order valence-electron chi connectivity index (χ4n) is 4.71. The fraction of sp³-hybridized carbons (Fsp3) is 0.103. The highest BCUT2D eigenvalue weighted by molar-refractivity contribution is 6.09. The predicted octanol–water partition coefficient (Wildman–Crippen LogP) is 6.69. The van der Waals surface area contributed by atoms with Gasteiger partial charge in [-0.3, -0.25) is 4.98 Å². The van der Waals surface area contributed by atoms with Gasteiger partial charge in [-0.1, -0.05) is 56.3 Å². The van der Waals surface area contributed by atoms with E-state index in [2.05, 4.69) is 107 Å². The zero-order chi connectivity index (χ0) is 22.4. The van der Waals surface area contributed by atoms with Gasteiger partial charge in [-0.2, -0.15) is 5.10 Å². The van der Waals surface area contributed by atoms with Crippen molar-refractivity contribution in [3.8, 4) is 11.4 Å². The van der Waals surface area contributed by atoms with Gasteiger partial charge < -0.3 is 4.57 Å². The molecule has 4 nitrogen and oxygen atoms in total. The number of para-hydroxylation sites is 1. The second-order valence-corrected chi connectivity index (χ2v) is 8.89. The first-order valence-electron chi connectivity index (χ1n) is 11.2. The first-order valence-corrected chi connectivity index (χ1v) is 11.2. The van der Waals surface area contributed by atoms with Crippen LogP contribution < -0.4 is 0 Å². The van der Waals surface area contributed by atoms with Gasteiger partial charge in [-0.25, -0.2) is 4.68 Å². The van der Waals surface area contributed by atoms with Crippen LogP contribution in [-0.4, -0.2) is 19.3 Å². The van der Waals surface area contributed by atoms with Crippen molar-refractivity contribution in [2.24, 2.45) is 0 Å². The molecule has 33 heavy (non-hydrogen) atoms. The molecule has 4 heteroatoms. The molecule has 0 N–H and O–H groups in total. The van der Waals surface area contributed by atoms with Gasteiger partial charge in [-0.05, 0) is 54.1 Å². The number of fused-ring (bicyclic) bond motifs is 3. The molecular formula is C29H24N4. The fourth-order valence-corrected chi connectivity index (χ4v) is 4.71. The summed E-state index contributed by atoms with van der Waals surface area (Å²) in [5.41, 5.74) is 6.62. The lowest BCUT2D eigenvalue weighted by molar-refractivity contribution is 0.617. The van der Waals surface area contributed by atoms with Gasteiger partial charge in [0.2, 0.25) is 0 Å². The highest BCUT2D eigenvalue weighted by Gasteiger charge is 2.25. The largest absolute Gasteiger partial charge is 0.309 e. The number of aromatic nitrogens is 4. The van der Waals surface area contributed by atoms with Gasteiger partial charge in [0, 0.05) is 40.5 Å². The number of hydrogen-bond donors (Lipinski definition) is 0. The van der Waals surface area contributed by atoms with E-state index in [9.17, 15) is 0 Å². The standard InChI is InChI=1S/C29H24N4/c1-29(2,28-13-5-6-16-30-28)21-14-15-25-24-11-3-4-12-26(24)33(27(25)19-21)23-10-7-9-22(20-23)32-18-8-17-31-32/h3-20H,1-2H3. The van der Waals surface area contributed by atoms with Crippen molar-refractivity contribution in [2.75, 3.05) is 0 Å². The molecule has 3 heterocycles. The molecule has 6 rings (SSSR count). The number of nitrogens with zero attached hydrogens (tertiary/aromatic N) is 4. The molecule has 0 aliphatic heterocycles. The lowest BCUT2D eigenvalue weighted by atomic mass is 9.81. The molecule has 0 saturated heterocycles. The Morgan fingerprint density at radius 3 is 2.30 bits per heavy atom. The molecule has 3 aromatic carbocycles. The van der Waals surface area contributed by atoms with E-state index in [4.69, 9.17) is 0 Å². The molecule has 0 fully saturated rings. The summed E-state index contributed by atoms with van der Waals surface area (Å²) >= 11 is 0. The third kappa shape index (κ3) is 3.14. The molecule has 3 aromatic heterocycles. The summed E-state index contributed by atoms with van der Waals surface area (Å²) in [5.74, 6) is 0. The van der Waals surface area contributed by atoms with Crippen LogP contribution in [-0.2, 0) is 5.41 Å². The zero-order valence-electron chi connectivity index (χ0n) is 18.7. The maximum atomic E-state index is 4.65. The van der Waals surface area contributed by atoms with E-state index in [1.807, 2.05) is 29.2 Å². The van der Waals surface area contributed by atoms with Crippen molar-refractivity contribution >= 4 is 21.8 Å². The quantitative estimate of drug-likeness (QED) is 0.314. The summed E-state index contributed by atoms with van der Waals surface area (Å²) in [4.78, 5) is 4.65. The van der Waals surface area contributed by atoms with Crippen molar-refractivity contribution in [3.05, 3.63) is 121 Å². The smallest absolute Gasteiger partial charge is 0.0666 e. The number of pyridine rings is 1. The Bertz CT molecular complexity index is 1570. The Morgan fingerprint density at radius 2 is 1.48 bits per heavy atom. The topological polar surface area (TPSA) is 35.6 Å². The average Bonchev–Trinajstić information content (AvgIpc) is 3.51. The molecule has 0 aliphatic rings. The van der Waals surface area contributed by atoms with E-state index in [0.717, 1.165) is 17.1 Å². The Morgan fingerprint density at radius 1 is 0.667 bits per heavy atom. The summed E-state index contributed by atoms with van der Waals surface area (Å²) < 4.78 is 4.25. The molecule has 0 aliphatic carbocycles. The molecule has 0 amide bonds. The highest BCUT2D eigenvalue weighted by Crippen LogP contribution is 2.37. The monoisotopic (exact) mass is 428 g/mol. The van der Waals surface area contributed by atoms with Crippen LogP contribution in [0.25, 0.3) is 33.2 Å². The maximum absolute atomic E-state index is 4.65. The minimum absolute atomic E-state index is 0.215. The Hall–Kier alpha value is -4.18. The van der Waals surface area contributed by atoms with Gasteiger partial charge in [0.05, 0.1) is 22.4 Å². The van der Waals surface area contributed by atoms with Crippen molar-refractivity contribution in [3.63, 3.8) is 0 Å². The Kier molecular flexibility index (Phi) is 4.40. The zero-order valence-corrected chi connectivity index (χ0v) is 18.7. The third-order valence-electron chi connectivity index (χ3n) is 6.56. The molecule has 0 atom stereocenters. The van der Waals surface area contributed by atoms with Gasteiger partial charge in [-0.15, -0.1) is 0 Å². The van der Waals surface area contributed by atoms with Crippen LogP contribution >= 0.6 is 0 Å². The van der Waals surface area contributed by atoms with E-state index >= 15 is 0 Å². The summed E-state index contributed by atoms with van der Waals surface area (Å²) in [6.07, 6.45) is 5.64. The van der Waals surface area contributed by atoms with Gasteiger partial charge in [0.25, 0.3) is 0 Å². The van der Waals surface area contributed by atoms with Crippen LogP contribution in [0.5, 0.6) is 0 Å². The van der Waals surface area contributed by atoms with E-state index in [0.29, 0.717) is 0 Å². The normalized spacial score (nSPS) is 11.9. The van der Waals surface area contributed by atoms with Crippen molar-refractivity contribution in [1.82, 2.24) is 19.3 Å². The predicted molar refractivity (Wildman–Crippen MR) is 134 cm³/mol. The van der Waals surface area contributed by atoms with Crippen molar-refractivity contribution < 1.29 is 0 Å². The lowest BCUT2D eigenvalue weighted by Gasteiger charge is -2.25. The summed E-state index contributed by atoms with van der Waals surface area (Å²) in [6.45, 7) is 4.48. The van der Waals surface area contributed by atoms with E-state index in [1.165, 1.54) is 27.4 Å². The summed E-state index contributed by atoms with van der Waals surface area (Å²) in [5, 5.41) is 6.91. The highest BCUT2D eigenvalue weighted by atomic mass is 15.3. The van der Waals surface area contributed by atoms with Crippen LogP contribution in [0.2, 0.25) is 0 Å². The molecule has 0 spiro atoms. The van der Waals surface area contributed by atoms with Crippen LogP contribution in [0.15, 0.2) is 110 Å². The van der Waals surface area contributed by atoms with Crippen LogP contribution in [0.3, 0.4) is 0 Å². The Labute approximate surface area is 192 Å². The SMILES string of the molecule is CC(C)(c1ccc2c3ccccc3n(-c3cccc(-n4cccn4)c3)c2c1)c1ccccn1. The van der Waals surface area contributed by atoms with E-state index in [1.54, 1.807) is 6.20 Å². The van der Waals surface area contributed by atoms with Gasteiger partial charge in [0.1, 0.15) is 0 Å². The Balaban J connectivity index is 1.61. The molecule has 0 saturated carbocycles. The first-order chi connectivity index (χ1) is 16.1. The summed E-state index contributed by atoms with van der Waals surface area (Å²) in [7, 11) is 0. The van der Waals surface area contributed by atoms with Crippen LogP contribution in [0.1, 0.15) is 25.1 Å². The molecule has 0 unspecified atom stereocenters. The second-order valence-electron chi connectivity index (χ2n) is 8.89. The minimum Gasteiger partial charge on any atom is -0.309 e. The van der Waals surface area contributed by atoms with Gasteiger partial charge in [0.15, 0.2) is 0 Å². The average molecular weight is 429 g/mol. The maximum Gasteiger partial charge on any atom is 0.0666 e. The van der Waals surface area contributed by atoms with Crippen LogP contribution in [0.4, 0.5) is 0 Å². The van der Waals surface area contributed by atoms with Gasteiger partial charge >= 0.3 is 0 Å². The minimum atomic E-state index is -0.215. The first kappa shape index (κ1) is 19.5. The number of rotatable bonds is 4. The summed E-state index contributed by atoms with van der Waals surface area (Å²) in [6, 6.07) is 32.0.